The molecule has 0 spiro atoms. The van der Waals surface area contributed by atoms with Gasteiger partial charge in [0.25, 0.3) is 5.91 Å². The van der Waals surface area contributed by atoms with Gasteiger partial charge in [-0.25, -0.2) is 9.48 Å². The minimum atomic E-state index is -1.84. The number of aliphatic hydroxyl groups excluding tert-OH is 1. The zero-order valence-corrected chi connectivity index (χ0v) is 31.1. The molecule has 1 amide bonds. The Morgan fingerprint density at radius 1 is 1.17 bits per heavy atom. The van der Waals surface area contributed by atoms with Gasteiger partial charge in [0.1, 0.15) is 17.0 Å². The van der Waals surface area contributed by atoms with Crippen LogP contribution in [0.4, 0.5) is 15.1 Å². The number of anilines is 1. The summed E-state index contributed by atoms with van der Waals surface area (Å²) in [5, 5.41) is 59.8. The number of aliphatic carboxylic acids is 1. The fourth-order valence-corrected chi connectivity index (χ4v) is 9.96. The number of aliphatic hydroxyl groups is 2. The first-order valence-corrected chi connectivity index (χ1v) is 19.2. The second-order valence-electron chi connectivity index (χ2n) is 14.7. The number of nitrogens with zero attached hydrogens (tertiary/aromatic N) is 4. The van der Waals surface area contributed by atoms with Gasteiger partial charge in [-0.3, -0.25) is 14.2 Å². The van der Waals surface area contributed by atoms with Crippen molar-refractivity contribution in [3.63, 3.8) is 0 Å². The second-order valence-corrected chi connectivity index (χ2v) is 15.6. The summed E-state index contributed by atoms with van der Waals surface area (Å²) in [5.74, 6) is -1.13. The number of hydrogen-bond acceptors (Lipinski definition) is 11. The first kappa shape index (κ1) is 41.0. The molecule has 4 aromatic rings. The van der Waals surface area contributed by atoms with Crippen LogP contribution in [0.25, 0.3) is 11.0 Å². The molecule has 2 atom stereocenters. The summed E-state index contributed by atoms with van der Waals surface area (Å²) in [7, 11) is 2.17. The number of nitrogens with one attached hydrogen (secondary N) is 2. The van der Waals surface area contributed by atoms with Gasteiger partial charge in [-0.05, 0) is 106 Å². The number of phenolic OH excluding ortho intramolecular Hbond substituents is 1. The molecule has 2 saturated carbocycles. The number of ether oxygens (including phenoxy) is 1. The predicted molar refractivity (Wildman–Crippen MR) is 201 cm³/mol. The highest BCUT2D eigenvalue weighted by Crippen LogP contribution is 2.60. The van der Waals surface area contributed by atoms with Crippen molar-refractivity contribution in [2.24, 2.45) is 11.3 Å². The number of aromatic nitrogens is 3. The summed E-state index contributed by atoms with van der Waals surface area (Å²) in [6, 6.07) is 13.1. The van der Waals surface area contributed by atoms with E-state index in [9.17, 15) is 30.0 Å². The van der Waals surface area contributed by atoms with Crippen LogP contribution in [0.5, 0.6) is 11.5 Å². The van der Waals surface area contributed by atoms with E-state index in [4.69, 9.17) is 4.74 Å². The minimum Gasteiger partial charge on any atom is -0.506 e. The van der Waals surface area contributed by atoms with Crippen LogP contribution in [0.15, 0.2) is 47.8 Å². The number of aryl methyl sites for hydroxylation is 1. The van der Waals surface area contributed by atoms with Gasteiger partial charge in [0, 0.05) is 41.5 Å². The topological polar surface area (TPSA) is 182 Å². The SMILES string of the molecule is CN(CCCn1nnc2cc(CNC[C@H](O)c3ccc(O)c4c3OCC(=O)N4)ccc21)C1CCC(C2([C@](O)(C(=O)O)c3cccs3)CCCC2)CC1.F.F. The molecule has 2 aromatic heterocycles. The molecule has 2 aromatic carbocycles. The molecule has 0 radical (unpaired) electrons. The van der Waals surface area contributed by atoms with Crippen molar-refractivity contribution >= 4 is 39.9 Å². The monoisotopic (exact) mass is 772 g/mol. The highest BCUT2D eigenvalue weighted by molar-refractivity contribution is 7.10. The van der Waals surface area contributed by atoms with E-state index in [1.165, 1.54) is 17.4 Å². The average Bonchev–Trinajstić information content (AvgIpc) is 3.94. The first-order chi connectivity index (χ1) is 25.1. The van der Waals surface area contributed by atoms with Crippen molar-refractivity contribution in [2.75, 3.05) is 32.1 Å². The predicted octanol–water partition coefficient (Wildman–Crippen LogP) is 5.07. The number of carbonyl (C=O) groups excluding carboxylic acids is 1. The van der Waals surface area contributed by atoms with E-state index in [-0.39, 0.29) is 51.6 Å². The van der Waals surface area contributed by atoms with Crippen LogP contribution in [0.2, 0.25) is 0 Å². The Kier molecular flexibility index (Phi) is 12.9. The van der Waals surface area contributed by atoms with Gasteiger partial charge in [-0.15, -0.1) is 16.4 Å². The molecule has 3 aliphatic rings. The van der Waals surface area contributed by atoms with Gasteiger partial charge in [0.2, 0.25) is 5.60 Å². The number of fused-ring (bicyclic) bond motifs is 2. The van der Waals surface area contributed by atoms with Gasteiger partial charge in [-0.2, -0.15) is 0 Å². The first-order valence-electron chi connectivity index (χ1n) is 18.3. The minimum absolute atomic E-state index is 0. The molecular weight excluding hydrogens is 723 g/mol. The van der Waals surface area contributed by atoms with Crippen molar-refractivity contribution in [1.29, 1.82) is 0 Å². The number of thiophene rings is 1. The van der Waals surface area contributed by atoms with E-state index in [1.807, 2.05) is 34.3 Å². The van der Waals surface area contributed by atoms with Gasteiger partial charge < -0.3 is 40.7 Å². The largest absolute Gasteiger partial charge is 0.506 e. The van der Waals surface area contributed by atoms with Crippen LogP contribution in [-0.4, -0.2) is 85.0 Å². The van der Waals surface area contributed by atoms with Crippen molar-refractivity contribution < 1.29 is 44.2 Å². The van der Waals surface area contributed by atoms with Crippen molar-refractivity contribution in [1.82, 2.24) is 25.2 Å². The molecule has 0 saturated heterocycles. The number of halogens is 2. The molecule has 2 fully saturated rings. The highest BCUT2D eigenvalue weighted by atomic mass is 32.1. The maximum absolute atomic E-state index is 12.7. The number of rotatable bonds is 14. The number of hydrogen-bond donors (Lipinski definition) is 6. The molecule has 3 heterocycles. The summed E-state index contributed by atoms with van der Waals surface area (Å²) in [6.45, 7) is 2.19. The lowest BCUT2D eigenvalue weighted by Crippen LogP contribution is -2.55. The highest BCUT2D eigenvalue weighted by Gasteiger charge is 2.62. The van der Waals surface area contributed by atoms with E-state index in [1.54, 1.807) is 12.1 Å². The Hall–Kier alpha value is -4.22. The van der Waals surface area contributed by atoms with Gasteiger partial charge >= 0.3 is 5.97 Å². The number of carboxylic acids is 1. The summed E-state index contributed by atoms with van der Waals surface area (Å²) in [4.78, 5) is 27.4. The number of benzene rings is 2. The molecular formula is C38H50F2N6O7S. The Balaban J connectivity index is 0.00000280. The van der Waals surface area contributed by atoms with E-state index < -0.39 is 23.1 Å². The van der Waals surface area contributed by atoms with E-state index in [0.717, 1.165) is 87.5 Å². The smallest absolute Gasteiger partial charge is 0.341 e. The fourth-order valence-electron chi connectivity index (χ4n) is 9.04. The van der Waals surface area contributed by atoms with Crippen molar-refractivity contribution in [3.05, 3.63) is 63.8 Å². The van der Waals surface area contributed by atoms with Crippen LogP contribution < -0.4 is 15.4 Å². The zero-order valence-electron chi connectivity index (χ0n) is 30.3. The normalized spacial score (nSPS) is 20.9. The van der Waals surface area contributed by atoms with Gasteiger partial charge in [-0.1, -0.05) is 30.2 Å². The molecule has 1 aliphatic heterocycles. The van der Waals surface area contributed by atoms with E-state index in [0.29, 0.717) is 23.0 Å². The Bertz CT molecular complexity index is 1900. The maximum Gasteiger partial charge on any atom is 0.341 e. The van der Waals surface area contributed by atoms with Gasteiger partial charge in [0.15, 0.2) is 12.4 Å². The number of phenols is 1. The second kappa shape index (κ2) is 17.1. The molecule has 13 nitrogen and oxygen atoms in total. The van der Waals surface area contributed by atoms with Crippen LogP contribution in [0, 0.1) is 11.3 Å². The van der Waals surface area contributed by atoms with E-state index >= 15 is 0 Å². The molecule has 7 rings (SSSR count). The molecule has 2 aliphatic carbocycles. The third-order valence-electron chi connectivity index (χ3n) is 11.8. The van der Waals surface area contributed by atoms with Crippen LogP contribution in [0.1, 0.15) is 79.9 Å². The zero-order chi connectivity index (χ0) is 36.5. The van der Waals surface area contributed by atoms with Gasteiger partial charge in [0.05, 0.1) is 11.6 Å². The van der Waals surface area contributed by atoms with E-state index in [2.05, 4.69) is 32.9 Å². The fraction of sp³-hybridized carbons (Fsp3) is 0.526. The number of carbonyl (C=O) groups is 2. The van der Waals surface area contributed by atoms with Crippen LogP contribution in [-0.2, 0) is 28.3 Å². The Labute approximate surface area is 316 Å². The summed E-state index contributed by atoms with van der Waals surface area (Å²) >= 11 is 1.35. The van der Waals surface area contributed by atoms with Crippen molar-refractivity contribution in [2.45, 2.75) is 88.6 Å². The third kappa shape index (κ3) is 7.67. The quantitative estimate of drug-likeness (QED) is 0.0942. The molecule has 16 heteroatoms. The molecule has 0 unspecified atom stereocenters. The lowest BCUT2D eigenvalue weighted by Gasteiger charge is -2.50. The number of amides is 1. The number of carboxylic acid groups (broad SMARTS) is 1. The lowest BCUT2D eigenvalue weighted by atomic mass is 9.58. The maximum atomic E-state index is 12.7. The standard InChI is InChI=1S/C38H48N6O7S.2FH/c1-43(26-10-8-25(9-11-26)37(15-2-3-16-37)38(50,36(48)49)32-6-4-19-52-32)17-5-18-44-29-13-7-24(20-28(29)41-42-44)21-39-22-31(46)27-12-14-30(45)34-35(27)51-23-33(47)40-34;;/h4,6-7,12-14,19-20,25-26,31,39,45-46,50H,2-3,5,8-11,15-18,21-23H2,1H3,(H,40,47)(H,48,49);2*1H/t25?,26?,31-,38+;;/m0../s1. The lowest BCUT2D eigenvalue weighted by molar-refractivity contribution is -0.187. The average molecular weight is 773 g/mol. The van der Waals surface area contributed by atoms with Crippen LogP contribution in [0.3, 0.4) is 0 Å². The Morgan fingerprint density at radius 3 is 2.63 bits per heavy atom. The summed E-state index contributed by atoms with van der Waals surface area (Å²) in [5.41, 5.74) is 0.944. The Morgan fingerprint density at radius 2 is 1.93 bits per heavy atom. The summed E-state index contributed by atoms with van der Waals surface area (Å²) in [6.07, 6.45) is 7.26. The molecule has 54 heavy (non-hydrogen) atoms. The molecule has 294 valence electrons. The molecule has 6 N–H and O–H groups in total. The summed E-state index contributed by atoms with van der Waals surface area (Å²) < 4.78 is 7.44. The third-order valence-corrected chi connectivity index (χ3v) is 12.7. The molecule has 0 bridgehead atoms. The van der Waals surface area contributed by atoms with Crippen LogP contribution >= 0.6 is 11.3 Å². The van der Waals surface area contributed by atoms with Crippen molar-refractivity contribution in [3.8, 4) is 11.5 Å². The number of aromatic hydroxyl groups is 1.